The fourth-order valence-electron chi connectivity index (χ4n) is 3.50. The molecule has 150 valence electrons. The summed E-state index contributed by atoms with van der Waals surface area (Å²) in [6, 6.07) is 16.4. The first-order chi connectivity index (χ1) is 14.4. The van der Waals surface area contributed by atoms with Gasteiger partial charge in [-0.25, -0.2) is 22.9 Å². The van der Waals surface area contributed by atoms with E-state index in [1.165, 1.54) is 6.26 Å². The number of nitrogens with zero attached hydrogens (tertiary/aromatic N) is 5. The molecule has 3 aromatic heterocycles. The van der Waals surface area contributed by atoms with Crippen molar-refractivity contribution in [3.8, 4) is 11.3 Å². The highest BCUT2D eigenvalue weighted by molar-refractivity contribution is 7.90. The summed E-state index contributed by atoms with van der Waals surface area (Å²) in [7, 11) is -1.45. The van der Waals surface area contributed by atoms with Gasteiger partial charge in [0.25, 0.3) is 0 Å². The van der Waals surface area contributed by atoms with Crippen LogP contribution in [0.3, 0.4) is 0 Å². The molecule has 0 radical (unpaired) electrons. The molecule has 0 aliphatic carbocycles. The predicted molar refractivity (Wildman–Crippen MR) is 116 cm³/mol. The van der Waals surface area contributed by atoms with Gasteiger partial charge in [0.05, 0.1) is 39.7 Å². The fourth-order valence-corrected chi connectivity index (χ4v) is 4.40. The molecule has 2 aromatic carbocycles. The van der Waals surface area contributed by atoms with Gasteiger partial charge in [0.15, 0.2) is 9.84 Å². The van der Waals surface area contributed by atoms with Crippen molar-refractivity contribution in [3.63, 3.8) is 0 Å². The van der Waals surface area contributed by atoms with Crippen molar-refractivity contribution in [3.05, 3.63) is 67.1 Å². The zero-order valence-electron chi connectivity index (χ0n) is 16.3. The lowest BCUT2D eigenvalue weighted by atomic mass is 10.1. The Morgan fingerprint density at radius 2 is 1.83 bits per heavy atom. The lowest BCUT2D eigenvalue weighted by Gasteiger charge is -2.09. The molecular formula is C21H18N6O2S. The average Bonchev–Trinajstić information content (AvgIpc) is 3.31. The van der Waals surface area contributed by atoms with Gasteiger partial charge in [-0.3, -0.25) is 0 Å². The average molecular weight is 418 g/mol. The van der Waals surface area contributed by atoms with Crippen LogP contribution in [0.15, 0.2) is 72.0 Å². The van der Waals surface area contributed by atoms with Crippen LogP contribution >= 0.6 is 0 Å². The standard InChI is InChI=1S/C21H18N6O2S/c1-26-13-23-17-9-7-14(11-19(17)26)24-21-22-12-15-8-10-18(27(15)25-21)16-5-3-4-6-20(16)30(2,28)29/h3-13H,1-2H3,(H,24,25). The number of benzene rings is 2. The van der Waals surface area contributed by atoms with Gasteiger partial charge in [-0.2, -0.15) is 0 Å². The highest BCUT2D eigenvalue weighted by Crippen LogP contribution is 2.29. The van der Waals surface area contributed by atoms with E-state index in [0.717, 1.165) is 22.2 Å². The van der Waals surface area contributed by atoms with E-state index in [2.05, 4.69) is 20.4 Å². The zero-order chi connectivity index (χ0) is 20.9. The van der Waals surface area contributed by atoms with Crippen LogP contribution in [0.2, 0.25) is 0 Å². The van der Waals surface area contributed by atoms with Crippen molar-refractivity contribution >= 4 is 38.0 Å². The number of fused-ring (bicyclic) bond motifs is 2. The molecule has 5 aromatic rings. The number of aryl methyl sites for hydroxylation is 1. The molecule has 8 nitrogen and oxygen atoms in total. The molecular weight excluding hydrogens is 400 g/mol. The largest absolute Gasteiger partial charge is 0.334 e. The number of hydrogen-bond donors (Lipinski definition) is 1. The van der Waals surface area contributed by atoms with Crippen molar-refractivity contribution in [1.29, 1.82) is 0 Å². The topological polar surface area (TPSA) is 94.2 Å². The van der Waals surface area contributed by atoms with Crippen LogP contribution in [-0.4, -0.2) is 38.8 Å². The summed E-state index contributed by atoms with van der Waals surface area (Å²) in [6.07, 6.45) is 4.67. The smallest absolute Gasteiger partial charge is 0.245 e. The molecule has 0 fully saturated rings. The molecule has 0 saturated carbocycles. The van der Waals surface area contributed by atoms with Gasteiger partial charge in [-0.1, -0.05) is 18.2 Å². The van der Waals surface area contributed by atoms with E-state index < -0.39 is 9.84 Å². The highest BCUT2D eigenvalue weighted by Gasteiger charge is 2.17. The van der Waals surface area contributed by atoms with Gasteiger partial charge in [-0.05, 0) is 36.4 Å². The summed E-state index contributed by atoms with van der Waals surface area (Å²) in [5.41, 5.74) is 4.77. The van der Waals surface area contributed by atoms with Crippen LogP contribution in [0.5, 0.6) is 0 Å². The minimum atomic E-state index is -3.39. The molecule has 0 atom stereocenters. The molecule has 3 heterocycles. The van der Waals surface area contributed by atoms with E-state index in [9.17, 15) is 8.42 Å². The second kappa shape index (κ2) is 6.67. The third kappa shape index (κ3) is 3.09. The second-order valence-corrected chi connectivity index (χ2v) is 9.07. The zero-order valence-corrected chi connectivity index (χ0v) is 17.1. The van der Waals surface area contributed by atoms with Crippen LogP contribution in [0.4, 0.5) is 11.6 Å². The summed E-state index contributed by atoms with van der Waals surface area (Å²) in [6.45, 7) is 0. The van der Waals surface area contributed by atoms with Crippen molar-refractivity contribution in [2.45, 2.75) is 4.90 Å². The summed E-state index contributed by atoms with van der Waals surface area (Å²) in [5, 5.41) is 7.81. The summed E-state index contributed by atoms with van der Waals surface area (Å²) in [5.74, 6) is 0.401. The lowest BCUT2D eigenvalue weighted by Crippen LogP contribution is -2.05. The van der Waals surface area contributed by atoms with Crippen LogP contribution < -0.4 is 5.32 Å². The van der Waals surface area contributed by atoms with E-state index in [1.54, 1.807) is 35.2 Å². The van der Waals surface area contributed by atoms with E-state index in [4.69, 9.17) is 0 Å². The SMILES string of the molecule is Cn1cnc2ccc(Nc3ncc4ccc(-c5ccccc5S(C)(=O)=O)n4n3)cc21. The molecule has 9 heteroatoms. The van der Waals surface area contributed by atoms with E-state index in [1.807, 2.05) is 48.0 Å². The molecule has 0 unspecified atom stereocenters. The van der Waals surface area contributed by atoms with Gasteiger partial charge < -0.3 is 9.88 Å². The van der Waals surface area contributed by atoms with Crippen molar-refractivity contribution in [2.24, 2.45) is 7.05 Å². The van der Waals surface area contributed by atoms with Crippen molar-refractivity contribution in [1.82, 2.24) is 24.1 Å². The molecule has 0 aliphatic rings. The fraction of sp³-hybridized carbons (Fsp3) is 0.0952. The molecule has 0 spiro atoms. The molecule has 0 aliphatic heterocycles. The second-order valence-electron chi connectivity index (χ2n) is 7.09. The molecule has 30 heavy (non-hydrogen) atoms. The Kier molecular flexibility index (Phi) is 4.07. The Balaban J connectivity index is 1.59. The molecule has 0 amide bonds. The van der Waals surface area contributed by atoms with Crippen LogP contribution in [0.1, 0.15) is 0 Å². The maximum atomic E-state index is 12.2. The summed E-state index contributed by atoms with van der Waals surface area (Å²) >= 11 is 0. The van der Waals surface area contributed by atoms with Crippen molar-refractivity contribution in [2.75, 3.05) is 11.6 Å². The first-order valence-corrected chi connectivity index (χ1v) is 11.1. The highest BCUT2D eigenvalue weighted by atomic mass is 32.2. The molecule has 5 rings (SSSR count). The third-order valence-electron chi connectivity index (χ3n) is 4.94. The maximum absolute atomic E-state index is 12.2. The number of sulfone groups is 1. The van der Waals surface area contributed by atoms with E-state index in [-0.39, 0.29) is 4.90 Å². The van der Waals surface area contributed by atoms with Crippen LogP contribution in [0, 0.1) is 0 Å². The molecule has 0 bridgehead atoms. The minimum absolute atomic E-state index is 0.264. The lowest BCUT2D eigenvalue weighted by molar-refractivity contribution is 0.602. The quantitative estimate of drug-likeness (QED) is 0.481. The Hall–Kier alpha value is -3.72. The Bertz CT molecular complexity index is 1520. The third-order valence-corrected chi connectivity index (χ3v) is 6.10. The first-order valence-electron chi connectivity index (χ1n) is 9.22. The number of nitrogens with one attached hydrogen (secondary N) is 1. The van der Waals surface area contributed by atoms with E-state index in [0.29, 0.717) is 17.2 Å². The monoisotopic (exact) mass is 418 g/mol. The predicted octanol–water partition coefficient (Wildman–Crippen LogP) is 3.43. The normalized spacial score (nSPS) is 11.9. The number of aromatic nitrogens is 5. The summed E-state index contributed by atoms with van der Waals surface area (Å²) in [4.78, 5) is 8.97. The number of imidazole rings is 1. The number of hydrogen-bond acceptors (Lipinski definition) is 6. The van der Waals surface area contributed by atoms with E-state index >= 15 is 0 Å². The van der Waals surface area contributed by atoms with Gasteiger partial charge >= 0.3 is 0 Å². The minimum Gasteiger partial charge on any atom is -0.334 e. The Morgan fingerprint density at radius 3 is 2.67 bits per heavy atom. The van der Waals surface area contributed by atoms with Crippen LogP contribution in [-0.2, 0) is 16.9 Å². The number of rotatable bonds is 4. The Morgan fingerprint density at radius 1 is 1.00 bits per heavy atom. The maximum Gasteiger partial charge on any atom is 0.245 e. The van der Waals surface area contributed by atoms with Crippen LogP contribution in [0.25, 0.3) is 27.8 Å². The van der Waals surface area contributed by atoms with Crippen molar-refractivity contribution < 1.29 is 8.42 Å². The Labute approximate surface area is 172 Å². The van der Waals surface area contributed by atoms with Gasteiger partial charge in [0.2, 0.25) is 5.95 Å². The first kappa shape index (κ1) is 18.3. The molecule has 1 N–H and O–H groups in total. The molecule has 0 saturated heterocycles. The van der Waals surface area contributed by atoms with Gasteiger partial charge in [0, 0.05) is 24.6 Å². The summed E-state index contributed by atoms with van der Waals surface area (Å²) < 4.78 is 28.1. The van der Waals surface area contributed by atoms with Gasteiger partial charge in [-0.15, -0.1) is 5.10 Å². The number of anilines is 2. The van der Waals surface area contributed by atoms with Gasteiger partial charge in [0.1, 0.15) is 0 Å².